The molecule has 3 rings (SSSR count). The van der Waals surface area contributed by atoms with Gasteiger partial charge in [-0.1, -0.05) is 13.8 Å². The normalized spacial score (nSPS) is 24.3. The van der Waals surface area contributed by atoms with Crippen molar-refractivity contribution in [3.05, 3.63) is 18.2 Å². The van der Waals surface area contributed by atoms with Gasteiger partial charge in [0.25, 0.3) is 0 Å². The predicted molar refractivity (Wildman–Crippen MR) is 90.1 cm³/mol. The van der Waals surface area contributed by atoms with Crippen molar-refractivity contribution >= 4 is 11.7 Å². The number of carbonyl (C=O) groups is 1. The van der Waals surface area contributed by atoms with Gasteiger partial charge in [0.1, 0.15) is 0 Å². The number of fused-ring (bicyclic) bond motifs is 1. The summed E-state index contributed by atoms with van der Waals surface area (Å²) in [5, 5.41) is 2.97. The Balaban J connectivity index is 1.65. The maximum absolute atomic E-state index is 12.4. The highest BCUT2D eigenvalue weighted by Crippen LogP contribution is 2.61. The largest absolute Gasteiger partial charge is 0.493 e. The van der Waals surface area contributed by atoms with Crippen molar-refractivity contribution in [1.82, 2.24) is 4.90 Å². The molecule has 2 fully saturated rings. The monoisotopic (exact) mass is 318 g/mol. The molecule has 1 saturated heterocycles. The fraction of sp³-hybridized carbons (Fsp3) is 0.611. The van der Waals surface area contributed by atoms with E-state index in [-0.39, 0.29) is 12.1 Å². The average Bonchev–Trinajstić information content (AvgIpc) is 2.86. The number of anilines is 1. The minimum Gasteiger partial charge on any atom is -0.493 e. The molecule has 1 saturated carbocycles. The molecule has 1 aliphatic carbocycles. The molecular formula is C18H26N2O3. The van der Waals surface area contributed by atoms with Crippen LogP contribution < -0.4 is 14.8 Å². The van der Waals surface area contributed by atoms with Gasteiger partial charge in [0.15, 0.2) is 11.5 Å². The third kappa shape index (κ3) is 2.96. The standard InChI is InChI=1S/C18H26N2O3/c1-11(2)23-16-8-12(6-7-15(16)22-5)19-17(21)20-9-13-14(10-20)18(13,3)4/h6-8,11,13-14H,9-10H2,1-5H3,(H,19,21). The van der Waals surface area contributed by atoms with Gasteiger partial charge < -0.3 is 19.7 Å². The number of ether oxygens (including phenoxy) is 2. The molecule has 126 valence electrons. The topological polar surface area (TPSA) is 50.8 Å². The number of benzene rings is 1. The van der Waals surface area contributed by atoms with Crippen LogP contribution in [0.4, 0.5) is 10.5 Å². The van der Waals surface area contributed by atoms with Gasteiger partial charge in [0, 0.05) is 24.8 Å². The van der Waals surface area contributed by atoms with E-state index in [1.165, 1.54) is 0 Å². The predicted octanol–water partition coefficient (Wildman–Crippen LogP) is 3.60. The number of carbonyl (C=O) groups excluding carboxylic acids is 1. The Hall–Kier alpha value is -1.91. The number of hydrogen-bond acceptors (Lipinski definition) is 3. The first-order chi connectivity index (χ1) is 10.8. The zero-order valence-corrected chi connectivity index (χ0v) is 14.6. The van der Waals surface area contributed by atoms with Gasteiger partial charge >= 0.3 is 6.03 Å². The Labute approximate surface area is 137 Å². The molecule has 5 nitrogen and oxygen atoms in total. The lowest BCUT2D eigenvalue weighted by atomic mass is 10.1. The van der Waals surface area contributed by atoms with Crippen LogP contribution in [-0.2, 0) is 0 Å². The summed E-state index contributed by atoms with van der Waals surface area (Å²) in [5.74, 6) is 2.62. The molecule has 0 spiro atoms. The molecule has 0 bridgehead atoms. The number of hydrogen-bond donors (Lipinski definition) is 1. The van der Waals surface area contributed by atoms with Crippen LogP contribution in [0, 0.1) is 17.3 Å². The van der Waals surface area contributed by atoms with E-state index in [4.69, 9.17) is 9.47 Å². The van der Waals surface area contributed by atoms with Gasteiger partial charge in [0.2, 0.25) is 0 Å². The van der Waals surface area contributed by atoms with Gasteiger partial charge in [-0.25, -0.2) is 4.79 Å². The number of rotatable bonds is 4. The molecular weight excluding hydrogens is 292 g/mol. The maximum atomic E-state index is 12.4. The quantitative estimate of drug-likeness (QED) is 0.923. The smallest absolute Gasteiger partial charge is 0.321 e. The van der Waals surface area contributed by atoms with Gasteiger partial charge in [-0.15, -0.1) is 0 Å². The van der Waals surface area contributed by atoms with Gasteiger partial charge in [-0.3, -0.25) is 0 Å². The number of piperidine rings is 1. The Morgan fingerprint density at radius 1 is 1.26 bits per heavy atom. The van der Waals surface area contributed by atoms with Crippen LogP contribution in [-0.4, -0.2) is 37.2 Å². The molecule has 5 heteroatoms. The third-order valence-electron chi connectivity index (χ3n) is 5.19. The Morgan fingerprint density at radius 2 is 1.91 bits per heavy atom. The highest BCUT2D eigenvalue weighted by molar-refractivity contribution is 5.90. The number of urea groups is 1. The van der Waals surface area contributed by atoms with Crippen LogP contribution in [0.25, 0.3) is 0 Å². The summed E-state index contributed by atoms with van der Waals surface area (Å²) in [5.41, 5.74) is 1.14. The van der Waals surface area contributed by atoms with E-state index >= 15 is 0 Å². The van der Waals surface area contributed by atoms with Crippen molar-refractivity contribution in [1.29, 1.82) is 0 Å². The van der Waals surface area contributed by atoms with Gasteiger partial charge in [-0.2, -0.15) is 0 Å². The number of methoxy groups -OCH3 is 1. The first-order valence-corrected chi connectivity index (χ1v) is 8.23. The van der Waals surface area contributed by atoms with Gasteiger partial charge in [0.05, 0.1) is 13.2 Å². The van der Waals surface area contributed by atoms with E-state index in [0.717, 1.165) is 18.8 Å². The highest BCUT2D eigenvalue weighted by atomic mass is 16.5. The lowest BCUT2D eigenvalue weighted by Gasteiger charge is -2.23. The summed E-state index contributed by atoms with van der Waals surface area (Å²) in [4.78, 5) is 14.3. The minimum absolute atomic E-state index is 0.0336. The molecule has 0 radical (unpaired) electrons. The molecule has 2 aliphatic rings. The average molecular weight is 318 g/mol. The number of nitrogens with zero attached hydrogens (tertiary/aromatic N) is 1. The fourth-order valence-electron chi connectivity index (χ4n) is 3.60. The summed E-state index contributed by atoms with van der Waals surface area (Å²) in [7, 11) is 1.61. The minimum atomic E-state index is -0.0336. The molecule has 2 atom stereocenters. The number of nitrogens with one attached hydrogen (secondary N) is 1. The second-order valence-corrected chi connectivity index (χ2v) is 7.40. The summed E-state index contributed by atoms with van der Waals surface area (Å²) in [6.07, 6.45) is 0.0442. The molecule has 0 aromatic heterocycles. The second-order valence-electron chi connectivity index (χ2n) is 7.40. The second kappa shape index (κ2) is 5.62. The van der Waals surface area contributed by atoms with Crippen LogP contribution >= 0.6 is 0 Å². The van der Waals surface area contributed by atoms with E-state index in [1.54, 1.807) is 7.11 Å². The van der Waals surface area contributed by atoms with Crippen molar-refractivity contribution in [2.45, 2.75) is 33.8 Å². The van der Waals surface area contributed by atoms with Crippen LogP contribution in [0.2, 0.25) is 0 Å². The zero-order chi connectivity index (χ0) is 16.8. The van der Waals surface area contributed by atoms with Crippen LogP contribution in [0.5, 0.6) is 11.5 Å². The lowest BCUT2D eigenvalue weighted by Crippen LogP contribution is -2.36. The van der Waals surface area contributed by atoms with E-state index in [0.29, 0.717) is 28.7 Å². The Bertz CT molecular complexity index is 598. The third-order valence-corrected chi connectivity index (χ3v) is 5.19. The first kappa shape index (κ1) is 16.0. The molecule has 1 aliphatic heterocycles. The van der Waals surface area contributed by atoms with E-state index < -0.39 is 0 Å². The Kier molecular flexibility index (Phi) is 3.90. The number of amides is 2. The maximum Gasteiger partial charge on any atom is 0.321 e. The number of likely N-dealkylation sites (tertiary alicyclic amines) is 1. The van der Waals surface area contributed by atoms with E-state index in [9.17, 15) is 4.79 Å². The molecule has 2 unspecified atom stereocenters. The Morgan fingerprint density at radius 3 is 2.48 bits per heavy atom. The van der Waals surface area contributed by atoms with Gasteiger partial charge in [-0.05, 0) is 43.2 Å². The lowest BCUT2D eigenvalue weighted by molar-refractivity contribution is 0.209. The van der Waals surface area contributed by atoms with Crippen LogP contribution in [0.1, 0.15) is 27.7 Å². The van der Waals surface area contributed by atoms with E-state index in [1.807, 2.05) is 36.9 Å². The zero-order valence-electron chi connectivity index (χ0n) is 14.6. The molecule has 1 aromatic carbocycles. The van der Waals surface area contributed by atoms with Crippen molar-refractivity contribution < 1.29 is 14.3 Å². The van der Waals surface area contributed by atoms with Crippen molar-refractivity contribution in [2.75, 3.05) is 25.5 Å². The molecule has 1 N–H and O–H groups in total. The molecule has 1 heterocycles. The van der Waals surface area contributed by atoms with Crippen molar-refractivity contribution in [3.8, 4) is 11.5 Å². The summed E-state index contributed by atoms with van der Waals surface area (Å²) in [6, 6.07) is 5.44. The summed E-state index contributed by atoms with van der Waals surface area (Å²) < 4.78 is 11.0. The molecule has 1 aromatic rings. The summed E-state index contributed by atoms with van der Waals surface area (Å²) >= 11 is 0. The first-order valence-electron chi connectivity index (χ1n) is 8.23. The SMILES string of the molecule is COc1ccc(NC(=O)N2CC3C(C2)C3(C)C)cc1OC(C)C. The van der Waals surface area contributed by atoms with Crippen LogP contribution in [0.3, 0.4) is 0 Å². The highest BCUT2D eigenvalue weighted by Gasteiger charge is 2.62. The van der Waals surface area contributed by atoms with E-state index in [2.05, 4.69) is 19.2 Å². The molecule has 23 heavy (non-hydrogen) atoms. The van der Waals surface area contributed by atoms with Crippen molar-refractivity contribution in [2.24, 2.45) is 17.3 Å². The van der Waals surface area contributed by atoms with Crippen LogP contribution in [0.15, 0.2) is 18.2 Å². The molecule has 2 amide bonds. The summed E-state index contributed by atoms with van der Waals surface area (Å²) in [6.45, 7) is 10.2. The fourth-order valence-corrected chi connectivity index (χ4v) is 3.60. The van der Waals surface area contributed by atoms with Crippen molar-refractivity contribution in [3.63, 3.8) is 0 Å².